The predicted molar refractivity (Wildman–Crippen MR) is 62.2 cm³/mol. The van der Waals surface area contributed by atoms with Crippen LogP contribution in [0.2, 0.25) is 0 Å². The smallest absolute Gasteiger partial charge is 0.355 e. The van der Waals surface area contributed by atoms with Crippen LogP contribution < -0.4 is 0 Å². The molecular formula is C10H11IN2O2. The van der Waals surface area contributed by atoms with Gasteiger partial charge < -0.3 is 5.11 Å². The standard InChI is InChI=1S/C10H11IN2O2/c11-13-8(9(14)15)3-7(12-13)6-4-10(5-6)1-2-10/h3,6H,1-2,4-5H2,(H,14,15). The molecule has 1 heterocycles. The van der Waals surface area contributed by atoms with E-state index in [9.17, 15) is 4.79 Å². The highest BCUT2D eigenvalue weighted by atomic mass is 127. The van der Waals surface area contributed by atoms with E-state index in [0.717, 1.165) is 5.69 Å². The average Bonchev–Trinajstić information content (AvgIpc) is 2.81. The Hall–Kier alpha value is -0.590. The third kappa shape index (κ3) is 1.47. The predicted octanol–water partition coefficient (Wildman–Crippen LogP) is 2.44. The number of aromatic nitrogens is 2. The summed E-state index contributed by atoms with van der Waals surface area (Å²) in [5.74, 6) is -0.398. The summed E-state index contributed by atoms with van der Waals surface area (Å²) in [4.78, 5) is 10.8. The molecule has 5 heteroatoms. The summed E-state index contributed by atoms with van der Waals surface area (Å²) in [5, 5.41) is 13.2. The first kappa shape index (κ1) is 9.62. The molecule has 2 saturated carbocycles. The molecule has 0 unspecified atom stereocenters. The maximum Gasteiger partial charge on any atom is 0.355 e. The first-order chi connectivity index (χ1) is 7.10. The van der Waals surface area contributed by atoms with Crippen LogP contribution in [-0.2, 0) is 0 Å². The van der Waals surface area contributed by atoms with E-state index in [1.807, 2.05) is 22.9 Å². The van der Waals surface area contributed by atoms with Crippen LogP contribution in [-0.4, -0.2) is 19.1 Å². The highest BCUT2D eigenvalue weighted by Gasteiger charge is 2.53. The van der Waals surface area contributed by atoms with Crippen molar-refractivity contribution in [3.63, 3.8) is 0 Å². The van der Waals surface area contributed by atoms with Gasteiger partial charge in [0.1, 0.15) is 0 Å². The van der Waals surface area contributed by atoms with E-state index in [1.165, 1.54) is 28.6 Å². The molecule has 2 aliphatic carbocycles. The molecule has 0 radical (unpaired) electrons. The fourth-order valence-corrected chi connectivity index (χ4v) is 3.09. The molecule has 0 saturated heterocycles. The van der Waals surface area contributed by atoms with Crippen LogP contribution in [0.1, 0.15) is 47.8 Å². The number of halogens is 1. The van der Waals surface area contributed by atoms with Crippen molar-refractivity contribution in [2.75, 3.05) is 0 Å². The number of carbonyl (C=O) groups is 1. The SMILES string of the molecule is O=C(O)c1cc(C2CC3(CC3)C2)nn1I. The molecule has 1 N–H and O–H groups in total. The third-order valence-corrected chi connectivity index (χ3v) is 4.38. The van der Waals surface area contributed by atoms with Gasteiger partial charge in [0.25, 0.3) is 0 Å². The highest BCUT2D eigenvalue weighted by molar-refractivity contribution is 14.1. The fourth-order valence-electron chi connectivity index (χ4n) is 2.50. The van der Waals surface area contributed by atoms with Crippen LogP contribution >= 0.6 is 22.9 Å². The van der Waals surface area contributed by atoms with E-state index in [0.29, 0.717) is 11.3 Å². The number of nitrogens with zero attached hydrogens (tertiary/aromatic N) is 2. The molecule has 2 fully saturated rings. The van der Waals surface area contributed by atoms with Crippen LogP contribution in [0, 0.1) is 5.41 Å². The average molecular weight is 318 g/mol. The minimum Gasteiger partial charge on any atom is -0.476 e. The normalized spacial score (nSPS) is 22.7. The molecule has 15 heavy (non-hydrogen) atoms. The molecule has 3 rings (SSSR count). The molecule has 0 aromatic carbocycles. The van der Waals surface area contributed by atoms with Gasteiger partial charge in [-0.1, -0.05) is 0 Å². The Morgan fingerprint density at radius 1 is 1.60 bits per heavy atom. The molecule has 0 aliphatic heterocycles. The summed E-state index contributed by atoms with van der Waals surface area (Å²) in [6, 6.07) is 1.72. The lowest BCUT2D eigenvalue weighted by Crippen LogP contribution is -2.23. The molecule has 0 atom stereocenters. The maximum atomic E-state index is 10.8. The minimum absolute atomic E-state index is 0.280. The number of carboxylic acid groups (broad SMARTS) is 1. The lowest BCUT2D eigenvalue weighted by Gasteiger charge is -2.34. The van der Waals surface area contributed by atoms with Crippen molar-refractivity contribution in [3.05, 3.63) is 17.5 Å². The number of hydrogen-bond acceptors (Lipinski definition) is 2. The topological polar surface area (TPSA) is 55.1 Å². The summed E-state index contributed by atoms with van der Waals surface area (Å²) in [7, 11) is 0. The third-order valence-electron chi connectivity index (χ3n) is 3.64. The van der Waals surface area contributed by atoms with Gasteiger partial charge in [-0.25, -0.2) is 4.79 Å². The van der Waals surface area contributed by atoms with E-state index in [2.05, 4.69) is 5.10 Å². The summed E-state index contributed by atoms with van der Waals surface area (Å²) >= 11 is 1.92. The van der Waals surface area contributed by atoms with Gasteiger partial charge in [0.2, 0.25) is 0 Å². The molecule has 0 amide bonds. The van der Waals surface area contributed by atoms with Crippen LogP contribution in [0.3, 0.4) is 0 Å². The zero-order valence-electron chi connectivity index (χ0n) is 8.11. The molecule has 4 nitrogen and oxygen atoms in total. The fraction of sp³-hybridized carbons (Fsp3) is 0.600. The molecule has 1 aromatic heterocycles. The van der Waals surface area contributed by atoms with Gasteiger partial charge in [0, 0.05) is 5.92 Å². The van der Waals surface area contributed by atoms with Gasteiger partial charge in [-0.15, -0.1) is 0 Å². The van der Waals surface area contributed by atoms with Gasteiger partial charge in [-0.05, 0) is 37.2 Å². The molecule has 1 spiro atoms. The molecule has 0 bridgehead atoms. The van der Waals surface area contributed by atoms with Crippen LogP contribution in [0.25, 0.3) is 0 Å². The number of carboxylic acids is 1. The molecule has 2 aliphatic rings. The van der Waals surface area contributed by atoms with E-state index in [1.54, 1.807) is 6.07 Å². The van der Waals surface area contributed by atoms with Crippen LogP contribution in [0.5, 0.6) is 0 Å². The second-order valence-electron chi connectivity index (χ2n) is 4.72. The number of rotatable bonds is 2. The number of aromatic carboxylic acids is 1. The summed E-state index contributed by atoms with van der Waals surface area (Å²) in [5.41, 5.74) is 1.88. The van der Waals surface area contributed by atoms with Crippen molar-refractivity contribution in [1.82, 2.24) is 7.99 Å². The first-order valence-corrected chi connectivity index (χ1v) is 6.06. The quantitative estimate of drug-likeness (QED) is 0.852. The van der Waals surface area contributed by atoms with Gasteiger partial charge in [-0.3, -0.25) is 0 Å². The monoisotopic (exact) mass is 318 g/mol. The maximum absolute atomic E-state index is 10.8. The van der Waals surface area contributed by atoms with Crippen molar-refractivity contribution < 1.29 is 9.90 Å². The summed E-state index contributed by atoms with van der Waals surface area (Å²) in [6.45, 7) is 0. The van der Waals surface area contributed by atoms with Crippen LogP contribution in [0.4, 0.5) is 0 Å². The number of hydrogen-bond donors (Lipinski definition) is 1. The highest BCUT2D eigenvalue weighted by Crippen LogP contribution is 2.66. The van der Waals surface area contributed by atoms with Crippen molar-refractivity contribution in [3.8, 4) is 0 Å². The first-order valence-electron chi connectivity index (χ1n) is 5.09. The molecule has 80 valence electrons. The Kier molecular flexibility index (Phi) is 1.90. The summed E-state index contributed by atoms with van der Waals surface area (Å²) < 4.78 is 1.44. The second kappa shape index (κ2) is 2.96. The van der Waals surface area contributed by atoms with Crippen molar-refractivity contribution >= 4 is 28.8 Å². The van der Waals surface area contributed by atoms with Crippen molar-refractivity contribution in [2.24, 2.45) is 5.41 Å². The zero-order valence-corrected chi connectivity index (χ0v) is 10.3. The second-order valence-corrected chi connectivity index (χ2v) is 5.64. The zero-order chi connectivity index (χ0) is 10.6. The Morgan fingerprint density at radius 2 is 2.27 bits per heavy atom. The van der Waals surface area contributed by atoms with E-state index in [4.69, 9.17) is 5.11 Å². The Balaban J connectivity index is 1.81. The minimum atomic E-state index is -0.899. The van der Waals surface area contributed by atoms with Crippen molar-refractivity contribution in [2.45, 2.75) is 31.6 Å². The van der Waals surface area contributed by atoms with E-state index < -0.39 is 5.97 Å². The molecule has 1 aromatic rings. The largest absolute Gasteiger partial charge is 0.476 e. The Morgan fingerprint density at radius 3 is 2.73 bits per heavy atom. The van der Waals surface area contributed by atoms with Crippen molar-refractivity contribution in [1.29, 1.82) is 0 Å². The lowest BCUT2D eigenvalue weighted by atomic mass is 9.70. The summed E-state index contributed by atoms with van der Waals surface area (Å²) in [6.07, 6.45) is 5.14. The lowest BCUT2D eigenvalue weighted by molar-refractivity contribution is 0.0689. The van der Waals surface area contributed by atoms with E-state index in [-0.39, 0.29) is 5.69 Å². The Labute approximate surface area is 101 Å². The molecular weight excluding hydrogens is 307 g/mol. The van der Waals surface area contributed by atoms with Gasteiger partial charge in [-0.2, -0.15) is 7.99 Å². The van der Waals surface area contributed by atoms with E-state index >= 15 is 0 Å². The van der Waals surface area contributed by atoms with Gasteiger partial charge >= 0.3 is 5.97 Å². The van der Waals surface area contributed by atoms with Gasteiger partial charge in [0.05, 0.1) is 28.6 Å². The van der Waals surface area contributed by atoms with Gasteiger partial charge in [0.15, 0.2) is 5.69 Å². The Bertz CT molecular complexity index is 429. The van der Waals surface area contributed by atoms with Crippen LogP contribution in [0.15, 0.2) is 6.07 Å².